The zero-order valence-electron chi connectivity index (χ0n) is 35.7. The van der Waals surface area contributed by atoms with Gasteiger partial charge in [0.05, 0.1) is 12.0 Å². The summed E-state index contributed by atoms with van der Waals surface area (Å²) >= 11 is 0. The largest absolute Gasteiger partial charge is 0.463 e. The summed E-state index contributed by atoms with van der Waals surface area (Å²) in [5.41, 5.74) is 6.29. The van der Waals surface area contributed by atoms with Crippen LogP contribution in [0.1, 0.15) is 36.1 Å². The van der Waals surface area contributed by atoms with Gasteiger partial charge in [0.15, 0.2) is 0 Å². The molecule has 290 valence electrons. The summed E-state index contributed by atoms with van der Waals surface area (Å²) in [6.07, 6.45) is 2.64. The Kier molecular flexibility index (Phi) is 2.13. The molecule has 0 saturated carbocycles. The van der Waals surface area contributed by atoms with Crippen molar-refractivity contribution in [3.05, 3.63) is 33.9 Å². The summed E-state index contributed by atoms with van der Waals surface area (Å²) in [7, 11) is 0. The van der Waals surface area contributed by atoms with Crippen molar-refractivity contribution < 1.29 is 9.53 Å². The van der Waals surface area contributed by atoms with Crippen LogP contribution in [-0.4, -0.2) is 12.6 Å². The third-order valence-corrected chi connectivity index (χ3v) is 25.4. The molecule has 0 radical (unpaired) electrons. The minimum atomic E-state index is -0.542. The zero-order chi connectivity index (χ0) is 41.3. The molecule has 0 aliphatic heterocycles. The molecule has 0 heterocycles. The Morgan fingerprint density at radius 3 is 0.681 bits per heavy atom. The Hall–Kier alpha value is -8.33. The predicted molar refractivity (Wildman–Crippen MR) is 288 cm³/mol. The molecule has 0 bridgehead atoms. The lowest BCUT2D eigenvalue weighted by Crippen LogP contribution is -2.51. The van der Waals surface area contributed by atoms with Crippen LogP contribution < -0.4 is 0 Å². The molecule has 0 amide bonds. The maximum absolute atomic E-state index is 15.2. The minimum absolute atomic E-state index is 0.0766. The maximum Gasteiger partial charge on any atom is 0.334 e. The molecule has 2 nitrogen and oxygen atoms in total. The van der Waals surface area contributed by atoms with Gasteiger partial charge in [0.2, 0.25) is 0 Å². The number of allylic oxidation sites excluding steroid dienone is 1. The van der Waals surface area contributed by atoms with Crippen LogP contribution in [0.3, 0.4) is 0 Å². The fourth-order valence-corrected chi connectivity index (χ4v) is 25.4. The molecule has 1 atom stereocenters. The highest BCUT2D eigenvalue weighted by atomic mass is 16.5. The summed E-state index contributed by atoms with van der Waals surface area (Å²) in [5.74, 6) is -0.173. The van der Waals surface area contributed by atoms with Crippen molar-refractivity contribution in [2.24, 2.45) is 5.92 Å². The van der Waals surface area contributed by atoms with Gasteiger partial charge in [-0.1, -0.05) is 13.0 Å². The van der Waals surface area contributed by atoms with Crippen LogP contribution >= 0.6 is 0 Å². The first kappa shape index (κ1) is 25.7. The maximum atomic E-state index is 15.2. The second-order valence-corrected chi connectivity index (χ2v) is 25.4. The van der Waals surface area contributed by atoms with Crippen molar-refractivity contribution in [2.45, 2.75) is 24.7 Å². The highest BCUT2D eigenvalue weighted by molar-refractivity contribution is 6.82. The fraction of sp³-hybridized carbons (Fsp3) is 0.0896. The number of carbonyl (C=O) groups excluding carboxylic acids is 1. The predicted octanol–water partition coefficient (Wildman–Crippen LogP) is 17.4. The molecule has 0 N–H and O–H groups in total. The smallest absolute Gasteiger partial charge is 0.334 e. The second-order valence-electron chi connectivity index (χ2n) is 25.4. The molecule has 28 aromatic rings. The lowest BCUT2D eigenvalue weighted by molar-refractivity contribution is -0.139. The van der Waals surface area contributed by atoms with E-state index in [4.69, 9.17) is 4.74 Å². The molecule has 2 spiro atoms. The van der Waals surface area contributed by atoms with Gasteiger partial charge in [-0.25, -0.2) is 4.79 Å². The zero-order valence-corrected chi connectivity index (χ0v) is 35.7. The number of rotatable bonds is 2. The van der Waals surface area contributed by atoms with Crippen LogP contribution in [0.25, 0.3) is 291 Å². The SMILES string of the molecule is CCOC(=O)C1=CC23c4c5c6c7c8c9c(c%10c%11c2c2c4c4c%12c5c5c6c6c8c8c%13c9c9c%10c%10c%11c%11c2c2c4c4c%12c%12c5c5c6c8c6c8c%13c9c9c%10c%10c%11c2c2c4c4c%12c5c6c5c8c9c%10c2c45)C73C1C. The van der Waals surface area contributed by atoms with E-state index in [2.05, 4.69) is 13.0 Å². The Morgan fingerprint density at radius 2 is 0.493 bits per heavy atom. The van der Waals surface area contributed by atoms with Crippen LogP contribution in [0.15, 0.2) is 11.6 Å². The van der Waals surface area contributed by atoms with E-state index in [1.165, 1.54) is 0 Å². The van der Waals surface area contributed by atoms with E-state index in [0.29, 0.717) is 6.61 Å². The van der Waals surface area contributed by atoms with Crippen molar-refractivity contribution in [3.8, 4) is 0 Å². The third-order valence-electron chi connectivity index (χ3n) is 25.4. The van der Waals surface area contributed by atoms with Gasteiger partial charge in [0.25, 0.3) is 0 Å². The fourth-order valence-electron chi connectivity index (χ4n) is 25.4. The van der Waals surface area contributed by atoms with Crippen LogP contribution in [0.5, 0.6) is 0 Å². The summed E-state index contributed by atoms with van der Waals surface area (Å²) in [4.78, 5) is 15.2. The van der Waals surface area contributed by atoms with Gasteiger partial charge in [-0.2, -0.15) is 0 Å². The molecule has 5 aliphatic carbocycles. The van der Waals surface area contributed by atoms with E-state index in [9.17, 15) is 0 Å². The Morgan fingerprint density at radius 1 is 0.319 bits per heavy atom. The van der Waals surface area contributed by atoms with Crippen molar-refractivity contribution in [1.82, 2.24) is 0 Å². The van der Waals surface area contributed by atoms with Gasteiger partial charge in [-0.3, -0.25) is 0 Å². The number of ether oxygens (including phenoxy) is 1. The van der Waals surface area contributed by atoms with Crippen LogP contribution in [0.4, 0.5) is 0 Å². The van der Waals surface area contributed by atoms with Crippen molar-refractivity contribution >= 4 is 297 Å². The van der Waals surface area contributed by atoms with Gasteiger partial charge in [0, 0.05) is 16.9 Å². The Bertz CT molecular complexity index is 7060. The van der Waals surface area contributed by atoms with Gasteiger partial charge >= 0.3 is 5.97 Å². The first-order valence-corrected chi connectivity index (χ1v) is 25.9. The number of carbonyl (C=O) groups is 1. The van der Waals surface area contributed by atoms with Crippen molar-refractivity contribution in [1.29, 1.82) is 0 Å². The van der Waals surface area contributed by atoms with E-state index in [-0.39, 0.29) is 11.9 Å². The third kappa shape index (κ3) is 1.33. The van der Waals surface area contributed by atoms with Gasteiger partial charge < -0.3 is 4.74 Å². The molecule has 1 unspecified atom stereocenters. The monoisotopic (exact) mass is 846 g/mol. The average Bonchev–Trinajstić information content (AvgIpc) is 4.32. The summed E-state index contributed by atoms with van der Waals surface area (Å²) in [6, 6.07) is 0. The van der Waals surface area contributed by atoms with Gasteiger partial charge in [-0.15, -0.1) is 0 Å². The molecule has 0 saturated heterocycles. The quantitative estimate of drug-likeness (QED) is 0.128. The van der Waals surface area contributed by atoms with E-state index in [0.717, 1.165) is 5.57 Å². The number of esters is 1. The van der Waals surface area contributed by atoms with E-state index >= 15 is 4.79 Å². The van der Waals surface area contributed by atoms with E-state index < -0.39 is 10.8 Å². The van der Waals surface area contributed by atoms with Gasteiger partial charge in [-0.05, 0) is 320 Å². The second kappa shape index (κ2) is 5.71. The normalized spacial score (nSPS) is 23.7. The first-order chi connectivity index (χ1) is 34.2. The molecule has 28 aromatic carbocycles. The molecule has 0 fully saturated rings. The van der Waals surface area contributed by atoms with Crippen LogP contribution in [-0.2, 0) is 20.4 Å². The lowest BCUT2D eigenvalue weighted by atomic mass is 9.47. The Balaban J connectivity index is 1.21. The first-order valence-electron chi connectivity index (χ1n) is 25.9. The topological polar surface area (TPSA) is 26.3 Å². The van der Waals surface area contributed by atoms with Crippen molar-refractivity contribution in [2.75, 3.05) is 6.61 Å². The molecule has 33 rings (SSSR count). The summed E-state index contributed by atoms with van der Waals surface area (Å²) < 4.78 is 6.30. The molecule has 5 aliphatic rings. The van der Waals surface area contributed by atoms with E-state index in [1.54, 1.807) is 313 Å². The number of hydrogen-bond acceptors (Lipinski definition) is 2. The Labute approximate surface area is 375 Å². The average molecular weight is 847 g/mol. The number of hydrogen-bond donors (Lipinski definition) is 0. The minimum Gasteiger partial charge on any atom is -0.463 e. The molecule has 69 heavy (non-hydrogen) atoms. The standard InChI is InChI=1S/C67H10O2/c1-3-69-65(68)6-4-66-61-53-45-35-25-17-9-7-8-11-15-13(9)21-29-23(15)33-27-19(11)20-12(8)16-14-10(7)18(17)26-32-22(14)30-24(16)34-28(20)38-37(27)49-43(33)51-41(29)47(39(45)31(21)25)55(61)57(51)63-59(49)60-50(38)44(34)52-42(30)48-40(32)46(36(26)35)54(53)62(66)56(48)58(52)64(60)67(63,66)5(6)2/h4-5H,3H2,1-2H3. The summed E-state index contributed by atoms with van der Waals surface area (Å²) in [5, 5.41) is 86.7. The molecule has 2 heteroatoms. The highest BCUT2D eigenvalue weighted by Crippen LogP contribution is 2.86. The molecule has 0 aromatic heterocycles. The van der Waals surface area contributed by atoms with Crippen LogP contribution in [0, 0.1) is 5.92 Å². The van der Waals surface area contributed by atoms with Gasteiger partial charge in [0.1, 0.15) is 0 Å². The lowest BCUT2D eigenvalue weighted by Gasteiger charge is -2.52. The summed E-state index contributed by atoms with van der Waals surface area (Å²) in [6.45, 7) is 4.90. The van der Waals surface area contributed by atoms with Crippen molar-refractivity contribution in [3.63, 3.8) is 0 Å². The van der Waals surface area contributed by atoms with E-state index in [1.807, 2.05) is 6.92 Å². The molecular formula is C67H10O2. The highest BCUT2D eigenvalue weighted by Gasteiger charge is 2.73. The van der Waals surface area contributed by atoms with Crippen LogP contribution in [0.2, 0.25) is 0 Å². The number of benzene rings is 18. The molecular weight excluding hydrogens is 837 g/mol.